The van der Waals surface area contributed by atoms with E-state index in [1.807, 2.05) is 17.0 Å². The molecule has 158 valence electrons. The second kappa shape index (κ2) is 11.3. The first-order valence-electron chi connectivity index (χ1n) is 9.68. The summed E-state index contributed by atoms with van der Waals surface area (Å²) in [5, 5.41) is 6.57. The normalized spacial score (nSPS) is 14.3. The van der Waals surface area contributed by atoms with Crippen molar-refractivity contribution in [2.45, 2.75) is 26.9 Å². The molecular weight excluding hydrogens is 482 g/mol. The van der Waals surface area contributed by atoms with Crippen LogP contribution < -0.4 is 15.5 Å². The fourth-order valence-electron chi connectivity index (χ4n) is 3.35. The third-order valence-corrected chi connectivity index (χ3v) is 4.99. The number of nitrogens with zero attached hydrogens (tertiary/aromatic N) is 2. The van der Waals surface area contributed by atoms with Crippen LogP contribution in [0.25, 0.3) is 0 Å². The van der Waals surface area contributed by atoms with Gasteiger partial charge in [0.25, 0.3) is 0 Å². The molecule has 29 heavy (non-hydrogen) atoms. The van der Waals surface area contributed by atoms with Crippen LogP contribution in [0.2, 0.25) is 0 Å². The van der Waals surface area contributed by atoms with Crippen molar-refractivity contribution in [3.63, 3.8) is 0 Å². The molecule has 2 N–H and O–H groups in total. The van der Waals surface area contributed by atoms with Gasteiger partial charge in [0.05, 0.1) is 18.9 Å². The molecule has 0 radical (unpaired) electrons. The van der Waals surface area contributed by atoms with Crippen molar-refractivity contribution >= 4 is 35.6 Å². The quantitative estimate of drug-likeness (QED) is 0.364. The molecule has 2 aromatic rings. The van der Waals surface area contributed by atoms with Crippen molar-refractivity contribution in [3.8, 4) is 0 Å². The largest absolute Gasteiger partial charge is 0.378 e. The van der Waals surface area contributed by atoms with E-state index in [0.717, 1.165) is 18.7 Å². The maximum atomic E-state index is 14.5. The average Bonchev–Trinajstić information content (AvgIpc) is 2.70. The predicted molar refractivity (Wildman–Crippen MR) is 128 cm³/mol. The number of benzene rings is 2. The van der Waals surface area contributed by atoms with Crippen molar-refractivity contribution in [2.24, 2.45) is 4.99 Å². The summed E-state index contributed by atoms with van der Waals surface area (Å²) in [6.07, 6.45) is 0. The van der Waals surface area contributed by atoms with E-state index in [-0.39, 0.29) is 29.8 Å². The molecule has 2 aromatic carbocycles. The lowest BCUT2D eigenvalue weighted by Gasteiger charge is -2.29. The summed E-state index contributed by atoms with van der Waals surface area (Å²) in [6, 6.07) is 11.8. The zero-order valence-electron chi connectivity index (χ0n) is 17.3. The average molecular weight is 512 g/mol. The summed E-state index contributed by atoms with van der Waals surface area (Å²) in [7, 11) is 1.74. The van der Waals surface area contributed by atoms with Crippen molar-refractivity contribution < 1.29 is 9.13 Å². The number of halogens is 2. The van der Waals surface area contributed by atoms with Gasteiger partial charge in [0, 0.05) is 33.2 Å². The Kier molecular flexibility index (Phi) is 9.16. The van der Waals surface area contributed by atoms with Crippen molar-refractivity contribution in [2.75, 3.05) is 38.3 Å². The zero-order valence-corrected chi connectivity index (χ0v) is 19.6. The Balaban J connectivity index is 0.00000300. The molecule has 5 nitrogen and oxygen atoms in total. The van der Waals surface area contributed by atoms with Crippen molar-refractivity contribution in [1.29, 1.82) is 0 Å². The molecule has 0 saturated carbocycles. The van der Waals surface area contributed by atoms with Gasteiger partial charge >= 0.3 is 0 Å². The van der Waals surface area contributed by atoms with Gasteiger partial charge in [-0.05, 0) is 42.7 Å². The fraction of sp³-hybridized carbons (Fsp3) is 0.409. The second-order valence-electron chi connectivity index (χ2n) is 7.09. The Hall–Kier alpha value is -1.87. The Morgan fingerprint density at radius 1 is 1.07 bits per heavy atom. The lowest BCUT2D eigenvalue weighted by molar-refractivity contribution is 0.122. The van der Waals surface area contributed by atoms with Crippen LogP contribution in [0.15, 0.2) is 41.4 Å². The van der Waals surface area contributed by atoms with Gasteiger partial charge in [0.15, 0.2) is 5.96 Å². The molecule has 1 aliphatic heterocycles. The third-order valence-electron chi connectivity index (χ3n) is 4.99. The molecule has 7 heteroatoms. The van der Waals surface area contributed by atoms with Crippen LogP contribution in [0.4, 0.5) is 10.1 Å². The molecular formula is C22H30FIN4O. The Labute approximate surface area is 189 Å². The van der Waals surface area contributed by atoms with E-state index in [0.29, 0.717) is 38.0 Å². The number of hydrogen-bond acceptors (Lipinski definition) is 3. The number of rotatable bonds is 5. The van der Waals surface area contributed by atoms with Crippen LogP contribution in [0, 0.1) is 19.7 Å². The number of guanidine groups is 1. The number of aliphatic imine (C=N–C) groups is 1. The Morgan fingerprint density at radius 3 is 2.45 bits per heavy atom. The van der Waals surface area contributed by atoms with Gasteiger partial charge in [-0.25, -0.2) is 4.39 Å². The smallest absolute Gasteiger partial charge is 0.191 e. The van der Waals surface area contributed by atoms with Gasteiger partial charge in [-0.15, -0.1) is 24.0 Å². The van der Waals surface area contributed by atoms with Crippen LogP contribution in [0.5, 0.6) is 0 Å². The lowest BCUT2D eigenvalue weighted by Crippen LogP contribution is -2.37. The third kappa shape index (κ3) is 6.57. The number of aryl methyl sites for hydroxylation is 2. The maximum absolute atomic E-state index is 14.5. The van der Waals surface area contributed by atoms with Crippen LogP contribution in [-0.2, 0) is 17.8 Å². The highest BCUT2D eigenvalue weighted by Gasteiger charge is 2.15. The Bertz CT molecular complexity index is 838. The van der Waals surface area contributed by atoms with E-state index >= 15 is 0 Å². The second-order valence-corrected chi connectivity index (χ2v) is 7.09. The van der Waals surface area contributed by atoms with E-state index in [4.69, 9.17) is 4.74 Å². The van der Waals surface area contributed by atoms with Gasteiger partial charge in [0.1, 0.15) is 5.82 Å². The molecule has 1 fully saturated rings. The van der Waals surface area contributed by atoms with Gasteiger partial charge < -0.3 is 20.3 Å². The standard InChI is InChI=1S/C22H29FN4O.HI/c1-16-4-6-19(17(2)12-16)15-26-22(24-3)25-14-18-5-7-21(20(23)13-18)27-8-10-28-11-9-27;/h4-7,12-13H,8-11,14-15H2,1-3H3,(H2,24,25,26);1H. The van der Waals surface area contributed by atoms with E-state index in [1.165, 1.54) is 16.7 Å². The van der Waals surface area contributed by atoms with Crippen LogP contribution >= 0.6 is 24.0 Å². The highest BCUT2D eigenvalue weighted by molar-refractivity contribution is 14.0. The van der Waals surface area contributed by atoms with Crippen molar-refractivity contribution in [1.82, 2.24) is 10.6 Å². The van der Waals surface area contributed by atoms with E-state index in [9.17, 15) is 4.39 Å². The minimum Gasteiger partial charge on any atom is -0.378 e. The van der Waals surface area contributed by atoms with Gasteiger partial charge in [0.2, 0.25) is 0 Å². The number of morpholine rings is 1. The number of anilines is 1. The van der Waals surface area contributed by atoms with Crippen LogP contribution in [0.3, 0.4) is 0 Å². The Morgan fingerprint density at radius 2 is 1.79 bits per heavy atom. The summed E-state index contributed by atoms with van der Waals surface area (Å²) < 4.78 is 19.9. The number of ether oxygens (including phenoxy) is 1. The number of hydrogen-bond donors (Lipinski definition) is 2. The highest BCUT2D eigenvalue weighted by Crippen LogP contribution is 2.21. The van der Waals surface area contributed by atoms with Crippen LogP contribution in [-0.4, -0.2) is 39.3 Å². The van der Waals surface area contributed by atoms with Gasteiger partial charge in [-0.2, -0.15) is 0 Å². The molecule has 3 rings (SSSR count). The molecule has 0 amide bonds. The summed E-state index contributed by atoms with van der Waals surface area (Å²) in [5.41, 5.74) is 5.26. The monoisotopic (exact) mass is 512 g/mol. The van der Waals surface area contributed by atoms with E-state index in [2.05, 4.69) is 47.7 Å². The van der Waals surface area contributed by atoms with Gasteiger partial charge in [-0.1, -0.05) is 29.8 Å². The topological polar surface area (TPSA) is 48.9 Å². The molecule has 1 saturated heterocycles. The summed E-state index contributed by atoms with van der Waals surface area (Å²) in [4.78, 5) is 6.29. The van der Waals surface area contributed by atoms with E-state index < -0.39 is 0 Å². The molecule has 1 aliphatic rings. The summed E-state index contributed by atoms with van der Waals surface area (Å²) in [6.45, 7) is 8.14. The molecule has 0 aliphatic carbocycles. The molecule has 0 aromatic heterocycles. The zero-order chi connectivity index (χ0) is 19.9. The lowest BCUT2D eigenvalue weighted by atomic mass is 10.1. The van der Waals surface area contributed by atoms with Crippen LogP contribution in [0.1, 0.15) is 22.3 Å². The SMILES string of the molecule is CN=C(NCc1ccc(N2CCOCC2)c(F)c1)NCc1ccc(C)cc1C.I. The number of nitrogens with one attached hydrogen (secondary N) is 2. The van der Waals surface area contributed by atoms with Crippen molar-refractivity contribution in [3.05, 3.63) is 64.5 Å². The summed E-state index contributed by atoms with van der Waals surface area (Å²) in [5.74, 6) is 0.497. The first kappa shape index (κ1) is 23.4. The molecule has 0 atom stereocenters. The minimum absolute atomic E-state index is 0. The molecule has 0 spiro atoms. The minimum atomic E-state index is -0.195. The molecule has 0 unspecified atom stereocenters. The fourth-order valence-corrected chi connectivity index (χ4v) is 3.35. The first-order chi connectivity index (χ1) is 13.6. The predicted octanol–water partition coefficient (Wildman–Crippen LogP) is 3.76. The van der Waals surface area contributed by atoms with Gasteiger partial charge in [-0.3, -0.25) is 4.99 Å². The molecule has 0 bridgehead atoms. The highest BCUT2D eigenvalue weighted by atomic mass is 127. The maximum Gasteiger partial charge on any atom is 0.191 e. The first-order valence-corrected chi connectivity index (χ1v) is 9.68. The summed E-state index contributed by atoms with van der Waals surface area (Å²) >= 11 is 0. The molecule has 1 heterocycles. The van der Waals surface area contributed by atoms with E-state index in [1.54, 1.807) is 13.1 Å².